The predicted molar refractivity (Wildman–Crippen MR) is 74.0 cm³/mol. The van der Waals surface area contributed by atoms with E-state index in [9.17, 15) is 0 Å². The third kappa shape index (κ3) is 3.22. The molecule has 1 aliphatic heterocycles. The number of anilines is 1. The number of likely N-dealkylation sites (tertiary alicyclic amines) is 1. The molecule has 2 heteroatoms. The van der Waals surface area contributed by atoms with Crippen molar-refractivity contribution in [2.75, 3.05) is 12.3 Å². The van der Waals surface area contributed by atoms with Crippen molar-refractivity contribution < 1.29 is 0 Å². The minimum Gasteiger partial charge on any atom is -0.399 e. The lowest BCUT2D eigenvalue weighted by molar-refractivity contribution is 0.114. The molecule has 1 aliphatic rings. The van der Waals surface area contributed by atoms with Gasteiger partial charge in [0.2, 0.25) is 0 Å². The Balaban J connectivity index is 1.98. The summed E-state index contributed by atoms with van der Waals surface area (Å²) in [5, 5.41) is 0. The van der Waals surface area contributed by atoms with Crippen LogP contribution in [0.2, 0.25) is 0 Å². The summed E-state index contributed by atoms with van der Waals surface area (Å²) in [5.74, 6) is 0. The van der Waals surface area contributed by atoms with Crippen molar-refractivity contribution in [3.63, 3.8) is 0 Å². The van der Waals surface area contributed by atoms with Crippen LogP contribution < -0.4 is 5.73 Å². The average Bonchev–Trinajstić information content (AvgIpc) is 2.29. The van der Waals surface area contributed by atoms with Gasteiger partial charge in [0.05, 0.1) is 0 Å². The van der Waals surface area contributed by atoms with E-state index >= 15 is 0 Å². The van der Waals surface area contributed by atoms with Crippen LogP contribution in [0, 0.1) is 0 Å². The Morgan fingerprint density at radius 3 is 2.94 bits per heavy atom. The fraction of sp³-hybridized carbons (Fsp3) is 0.600. The SMILES string of the molecule is CC1CCCCN1C(C)Cc1cccc(N)c1. The molecule has 0 bridgehead atoms. The van der Waals surface area contributed by atoms with Gasteiger partial charge in [0.1, 0.15) is 0 Å². The van der Waals surface area contributed by atoms with E-state index in [0.29, 0.717) is 6.04 Å². The Morgan fingerprint density at radius 1 is 1.41 bits per heavy atom. The Kier molecular flexibility index (Phi) is 4.06. The van der Waals surface area contributed by atoms with E-state index in [4.69, 9.17) is 5.73 Å². The molecule has 2 N–H and O–H groups in total. The van der Waals surface area contributed by atoms with Gasteiger partial charge in [-0.1, -0.05) is 18.6 Å². The smallest absolute Gasteiger partial charge is 0.0316 e. The quantitative estimate of drug-likeness (QED) is 0.812. The summed E-state index contributed by atoms with van der Waals surface area (Å²) < 4.78 is 0. The summed E-state index contributed by atoms with van der Waals surface area (Å²) in [5.41, 5.74) is 8.06. The first-order valence-electron chi connectivity index (χ1n) is 6.77. The van der Waals surface area contributed by atoms with Gasteiger partial charge in [0.25, 0.3) is 0 Å². The van der Waals surface area contributed by atoms with E-state index in [1.54, 1.807) is 0 Å². The first-order valence-corrected chi connectivity index (χ1v) is 6.77. The molecule has 17 heavy (non-hydrogen) atoms. The minimum atomic E-state index is 0.618. The first kappa shape index (κ1) is 12.4. The zero-order chi connectivity index (χ0) is 12.3. The molecule has 0 spiro atoms. The van der Waals surface area contributed by atoms with Crippen LogP contribution in [0.15, 0.2) is 24.3 Å². The molecule has 0 aliphatic carbocycles. The van der Waals surface area contributed by atoms with Crippen LogP contribution in [-0.4, -0.2) is 23.5 Å². The van der Waals surface area contributed by atoms with Gasteiger partial charge in [0, 0.05) is 17.8 Å². The summed E-state index contributed by atoms with van der Waals surface area (Å²) in [6.07, 6.45) is 5.20. The molecule has 1 aromatic carbocycles. The molecule has 2 rings (SSSR count). The predicted octanol–water partition coefficient (Wildman–Crippen LogP) is 3.07. The van der Waals surface area contributed by atoms with Gasteiger partial charge in [-0.05, 0) is 57.4 Å². The van der Waals surface area contributed by atoms with Crippen LogP contribution in [0.1, 0.15) is 38.7 Å². The molecule has 0 amide bonds. The summed E-state index contributed by atoms with van der Waals surface area (Å²) in [6.45, 7) is 5.95. The van der Waals surface area contributed by atoms with Crippen molar-refractivity contribution in [2.24, 2.45) is 0 Å². The summed E-state index contributed by atoms with van der Waals surface area (Å²) in [6, 6.07) is 9.65. The second-order valence-corrected chi connectivity index (χ2v) is 5.38. The largest absolute Gasteiger partial charge is 0.399 e. The van der Waals surface area contributed by atoms with Gasteiger partial charge in [0.15, 0.2) is 0 Å². The average molecular weight is 232 g/mol. The van der Waals surface area contributed by atoms with E-state index in [-0.39, 0.29) is 0 Å². The molecule has 0 radical (unpaired) electrons. The van der Waals surface area contributed by atoms with Crippen molar-refractivity contribution in [1.82, 2.24) is 4.90 Å². The number of benzene rings is 1. The molecular formula is C15H24N2. The highest BCUT2D eigenvalue weighted by Crippen LogP contribution is 2.21. The summed E-state index contributed by atoms with van der Waals surface area (Å²) >= 11 is 0. The molecular weight excluding hydrogens is 208 g/mol. The van der Waals surface area contributed by atoms with Crippen LogP contribution in [-0.2, 0) is 6.42 Å². The lowest BCUT2D eigenvalue weighted by atomic mass is 9.98. The first-order chi connectivity index (χ1) is 8.16. The van der Waals surface area contributed by atoms with Crippen molar-refractivity contribution in [1.29, 1.82) is 0 Å². The van der Waals surface area contributed by atoms with Crippen molar-refractivity contribution in [3.8, 4) is 0 Å². The molecule has 2 unspecified atom stereocenters. The molecule has 1 aromatic rings. The van der Waals surface area contributed by atoms with Crippen LogP contribution in [0.5, 0.6) is 0 Å². The van der Waals surface area contributed by atoms with Gasteiger partial charge >= 0.3 is 0 Å². The van der Waals surface area contributed by atoms with Gasteiger partial charge in [-0.2, -0.15) is 0 Å². The highest BCUT2D eigenvalue weighted by Gasteiger charge is 2.22. The highest BCUT2D eigenvalue weighted by molar-refractivity contribution is 5.40. The lowest BCUT2D eigenvalue weighted by Crippen LogP contribution is -2.44. The number of rotatable bonds is 3. The van der Waals surface area contributed by atoms with Crippen molar-refractivity contribution in [3.05, 3.63) is 29.8 Å². The third-order valence-corrected chi connectivity index (χ3v) is 3.90. The third-order valence-electron chi connectivity index (χ3n) is 3.90. The Labute approximate surface area is 105 Å². The van der Waals surface area contributed by atoms with Crippen LogP contribution in [0.4, 0.5) is 5.69 Å². The van der Waals surface area contributed by atoms with Crippen molar-refractivity contribution >= 4 is 5.69 Å². The number of hydrogen-bond donors (Lipinski definition) is 1. The zero-order valence-electron chi connectivity index (χ0n) is 11.0. The van der Waals surface area contributed by atoms with Crippen LogP contribution >= 0.6 is 0 Å². The number of nitrogen functional groups attached to an aromatic ring is 1. The Morgan fingerprint density at radius 2 is 2.24 bits per heavy atom. The fourth-order valence-corrected chi connectivity index (χ4v) is 2.95. The van der Waals surface area contributed by atoms with E-state index < -0.39 is 0 Å². The number of nitrogens with zero attached hydrogens (tertiary/aromatic N) is 1. The molecule has 94 valence electrons. The van der Waals surface area contributed by atoms with Crippen LogP contribution in [0.25, 0.3) is 0 Å². The minimum absolute atomic E-state index is 0.618. The maximum absolute atomic E-state index is 5.83. The fourth-order valence-electron chi connectivity index (χ4n) is 2.95. The maximum atomic E-state index is 5.83. The highest BCUT2D eigenvalue weighted by atomic mass is 15.2. The van der Waals surface area contributed by atoms with Crippen molar-refractivity contribution in [2.45, 2.75) is 51.6 Å². The molecule has 2 nitrogen and oxygen atoms in total. The molecule has 1 saturated heterocycles. The monoisotopic (exact) mass is 232 g/mol. The maximum Gasteiger partial charge on any atom is 0.0316 e. The van der Waals surface area contributed by atoms with E-state index in [1.807, 2.05) is 6.07 Å². The Bertz CT molecular complexity index is 362. The summed E-state index contributed by atoms with van der Waals surface area (Å²) in [7, 11) is 0. The molecule has 0 aromatic heterocycles. The number of nitrogens with two attached hydrogens (primary N) is 1. The zero-order valence-corrected chi connectivity index (χ0v) is 11.0. The lowest BCUT2D eigenvalue weighted by Gasteiger charge is -2.38. The molecule has 1 fully saturated rings. The van der Waals surface area contributed by atoms with E-state index in [1.165, 1.54) is 31.4 Å². The molecule has 1 heterocycles. The summed E-state index contributed by atoms with van der Waals surface area (Å²) in [4.78, 5) is 2.65. The topological polar surface area (TPSA) is 29.3 Å². The van der Waals surface area contributed by atoms with Gasteiger partial charge < -0.3 is 5.73 Å². The molecule has 0 saturated carbocycles. The number of hydrogen-bond acceptors (Lipinski definition) is 2. The number of piperidine rings is 1. The van der Waals surface area contributed by atoms with E-state index in [0.717, 1.165) is 18.2 Å². The normalized spacial score (nSPS) is 23.5. The second-order valence-electron chi connectivity index (χ2n) is 5.38. The van der Waals surface area contributed by atoms with Gasteiger partial charge in [-0.3, -0.25) is 4.90 Å². The van der Waals surface area contributed by atoms with Gasteiger partial charge in [-0.15, -0.1) is 0 Å². The van der Waals surface area contributed by atoms with E-state index in [2.05, 4.69) is 36.9 Å². The molecule has 2 atom stereocenters. The van der Waals surface area contributed by atoms with Gasteiger partial charge in [-0.25, -0.2) is 0 Å². The second kappa shape index (κ2) is 5.54. The standard InChI is InChI=1S/C15H24N2/c1-12-6-3-4-9-17(12)13(2)10-14-7-5-8-15(16)11-14/h5,7-8,11-13H,3-4,6,9-10,16H2,1-2H3. The Hall–Kier alpha value is -1.02. The van der Waals surface area contributed by atoms with Crippen LogP contribution in [0.3, 0.4) is 0 Å².